The van der Waals surface area contributed by atoms with Gasteiger partial charge in [-0.25, -0.2) is 0 Å². The standard InChI is InChI=1S/C10H6O2.CH4O/c11-9-5-6-10(12)8-4-2-1-3-7(8)9;1-2/h1-6H;2H,1H3. The zero-order valence-corrected chi connectivity index (χ0v) is 7.73. The Bertz CT molecular complexity index is 354. The molecule has 1 N–H and O–H groups in total. The van der Waals surface area contributed by atoms with Crippen LogP contribution in [0.4, 0.5) is 0 Å². The molecule has 0 fully saturated rings. The minimum Gasteiger partial charge on any atom is -0.400 e. The number of carbonyl (C=O) groups is 2. The van der Waals surface area contributed by atoms with E-state index in [2.05, 4.69) is 0 Å². The second kappa shape index (κ2) is 4.48. The topological polar surface area (TPSA) is 54.4 Å². The van der Waals surface area contributed by atoms with Gasteiger partial charge >= 0.3 is 0 Å². The summed E-state index contributed by atoms with van der Waals surface area (Å²) in [6.45, 7) is 0. The molecule has 1 aromatic rings. The van der Waals surface area contributed by atoms with Gasteiger partial charge in [0.05, 0.1) is 0 Å². The molecular weight excluding hydrogens is 180 g/mol. The molecule has 1 aromatic carbocycles. The van der Waals surface area contributed by atoms with Crippen LogP contribution in [0, 0.1) is 0 Å². The molecule has 0 saturated heterocycles. The maximum absolute atomic E-state index is 11.2. The molecule has 1 aliphatic rings. The fourth-order valence-electron chi connectivity index (χ4n) is 1.24. The summed E-state index contributed by atoms with van der Waals surface area (Å²) >= 11 is 0. The van der Waals surface area contributed by atoms with Crippen LogP contribution >= 0.6 is 0 Å². The van der Waals surface area contributed by atoms with Crippen molar-refractivity contribution >= 4 is 11.6 Å². The van der Waals surface area contributed by atoms with Crippen molar-refractivity contribution in [3.8, 4) is 0 Å². The lowest BCUT2D eigenvalue weighted by molar-refractivity contribution is 0.0994. The van der Waals surface area contributed by atoms with Gasteiger partial charge in [0.15, 0.2) is 11.6 Å². The molecule has 0 amide bonds. The third kappa shape index (κ3) is 1.78. The largest absolute Gasteiger partial charge is 0.400 e. The van der Waals surface area contributed by atoms with Crippen molar-refractivity contribution < 1.29 is 14.7 Å². The first-order chi connectivity index (χ1) is 6.79. The van der Waals surface area contributed by atoms with E-state index in [-0.39, 0.29) is 11.6 Å². The SMILES string of the molecule is CO.O=C1C=CC(=O)c2ccccc21. The van der Waals surface area contributed by atoms with Crippen LogP contribution in [0.1, 0.15) is 20.7 Å². The summed E-state index contributed by atoms with van der Waals surface area (Å²) in [7, 11) is 1.00. The van der Waals surface area contributed by atoms with Crippen LogP contribution in [-0.2, 0) is 0 Å². The summed E-state index contributed by atoms with van der Waals surface area (Å²) in [5.74, 6) is -0.185. The third-order valence-corrected chi connectivity index (χ3v) is 1.84. The minimum absolute atomic E-state index is 0.0924. The lowest BCUT2D eigenvalue weighted by atomic mass is 9.95. The smallest absolute Gasteiger partial charge is 0.186 e. The van der Waals surface area contributed by atoms with E-state index in [1.54, 1.807) is 24.3 Å². The van der Waals surface area contributed by atoms with E-state index in [9.17, 15) is 9.59 Å². The van der Waals surface area contributed by atoms with E-state index >= 15 is 0 Å². The van der Waals surface area contributed by atoms with E-state index in [0.29, 0.717) is 11.1 Å². The Hall–Kier alpha value is -1.74. The van der Waals surface area contributed by atoms with Crippen LogP contribution in [0.3, 0.4) is 0 Å². The number of hydrogen-bond acceptors (Lipinski definition) is 3. The van der Waals surface area contributed by atoms with Gasteiger partial charge < -0.3 is 5.11 Å². The molecule has 14 heavy (non-hydrogen) atoms. The minimum atomic E-state index is -0.0924. The number of rotatable bonds is 0. The second-order valence-corrected chi connectivity index (χ2v) is 2.61. The van der Waals surface area contributed by atoms with Crippen molar-refractivity contribution in [2.45, 2.75) is 0 Å². The molecule has 72 valence electrons. The Morgan fingerprint density at radius 1 is 0.857 bits per heavy atom. The van der Waals surface area contributed by atoms with Gasteiger partial charge in [-0.2, -0.15) is 0 Å². The molecule has 1 aliphatic carbocycles. The molecular formula is C11H10O3. The van der Waals surface area contributed by atoms with Crippen LogP contribution in [-0.4, -0.2) is 23.8 Å². The van der Waals surface area contributed by atoms with Crippen LogP contribution in [0.25, 0.3) is 0 Å². The summed E-state index contributed by atoms with van der Waals surface area (Å²) in [5, 5.41) is 7.00. The number of allylic oxidation sites excluding steroid dienone is 2. The first kappa shape index (κ1) is 10.3. The van der Waals surface area contributed by atoms with E-state index in [1.165, 1.54) is 12.2 Å². The molecule has 3 heteroatoms. The summed E-state index contributed by atoms with van der Waals surface area (Å²) < 4.78 is 0. The van der Waals surface area contributed by atoms with Crippen LogP contribution in [0.2, 0.25) is 0 Å². The number of aliphatic hydroxyl groups is 1. The average Bonchev–Trinajstić information content (AvgIpc) is 2.27. The average molecular weight is 190 g/mol. The second-order valence-electron chi connectivity index (χ2n) is 2.61. The molecule has 0 heterocycles. The normalized spacial score (nSPS) is 13.0. The fourth-order valence-corrected chi connectivity index (χ4v) is 1.24. The Morgan fingerprint density at radius 3 is 1.57 bits per heavy atom. The Labute approximate surface area is 81.7 Å². The van der Waals surface area contributed by atoms with Gasteiger partial charge in [0, 0.05) is 18.2 Å². The van der Waals surface area contributed by atoms with Crippen LogP contribution in [0.15, 0.2) is 36.4 Å². The number of benzene rings is 1. The quantitative estimate of drug-likeness (QED) is 0.669. The highest BCUT2D eigenvalue weighted by molar-refractivity contribution is 6.21. The van der Waals surface area contributed by atoms with Crippen LogP contribution < -0.4 is 0 Å². The van der Waals surface area contributed by atoms with Gasteiger partial charge in [-0.05, 0) is 12.2 Å². The summed E-state index contributed by atoms with van der Waals surface area (Å²) in [6.07, 6.45) is 2.62. The van der Waals surface area contributed by atoms with Crippen molar-refractivity contribution in [2.75, 3.05) is 7.11 Å². The zero-order chi connectivity index (χ0) is 10.6. The predicted octanol–water partition coefficient (Wildman–Crippen LogP) is 1.23. The zero-order valence-electron chi connectivity index (χ0n) is 7.73. The number of carbonyl (C=O) groups excluding carboxylic acids is 2. The first-order valence-electron chi connectivity index (χ1n) is 4.09. The molecule has 0 bridgehead atoms. The highest BCUT2D eigenvalue weighted by Crippen LogP contribution is 2.15. The van der Waals surface area contributed by atoms with Gasteiger partial charge in [-0.15, -0.1) is 0 Å². The molecule has 0 radical (unpaired) electrons. The van der Waals surface area contributed by atoms with Crippen molar-refractivity contribution in [2.24, 2.45) is 0 Å². The Kier molecular flexibility index (Phi) is 3.31. The Balaban J connectivity index is 0.000000461. The summed E-state index contributed by atoms with van der Waals surface area (Å²) in [4.78, 5) is 22.4. The van der Waals surface area contributed by atoms with E-state index in [4.69, 9.17) is 5.11 Å². The molecule has 0 spiro atoms. The number of aliphatic hydroxyl groups excluding tert-OH is 1. The maximum atomic E-state index is 11.2. The van der Waals surface area contributed by atoms with Crippen molar-refractivity contribution in [3.63, 3.8) is 0 Å². The number of hydrogen-bond donors (Lipinski definition) is 1. The summed E-state index contributed by atoms with van der Waals surface area (Å²) in [6, 6.07) is 6.84. The van der Waals surface area contributed by atoms with E-state index in [0.717, 1.165) is 7.11 Å². The molecule has 2 rings (SSSR count). The summed E-state index contributed by atoms with van der Waals surface area (Å²) in [5.41, 5.74) is 1.01. The van der Waals surface area contributed by atoms with E-state index < -0.39 is 0 Å². The lowest BCUT2D eigenvalue weighted by Gasteiger charge is -2.06. The van der Waals surface area contributed by atoms with Crippen molar-refractivity contribution in [3.05, 3.63) is 47.5 Å². The van der Waals surface area contributed by atoms with Gasteiger partial charge in [0.1, 0.15) is 0 Å². The monoisotopic (exact) mass is 190 g/mol. The molecule has 0 saturated carbocycles. The Morgan fingerprint density at radius 2 is 1.21 bits per heavy atom. The predicted molar refractivity (Wildman–Crippen MR) is 52.4 cm³/mol. The highest BCUT2D eigenvalue weighted by Gasteiger charge is 2.16. The van der Waals surface area contributed by atoms with Gasteiger partial charge in [0.25, 0.3) is 0 Å². The maximum Gasteiger partial charge on any atom is 0.186 e. The number of ketones is 2. The lowest BCUT2D eigenvalue weighted by Crippen LogP contribution is -2.10. The highest BCUT2D eigenvalue weighted by atomic mass is 16.2. The molecule has 0 atom stereocenters. The molecule has 3 nitrogen and oxygen atoms in total. The molecule has 0 aliphatic heterocycles. The third-order valence-electron chi connectivity index (χ3n) is 1.84. The fraction of sp³-hybridized carbons (Fsp3) is 0.0909. The van der Waals surface area contributed by atoms with Gasteiger partial charge in [-0.1, -0.05) is 24.3 Å². The van der Waals surface area contributed by atoms with Gasteiger partial charge in [-0.3, -0.25) is 9.59 Å². The van der Waals surface area contributed by atoms with Crippen LogP contribution in [0.5, 0.6) is 0 Å². The molecule has 0 unspecified atom stereocenters. The van der Waals surface area contributed by atoms with Crippen molar-refractivity contribution in [1.82, 2.24) is 0 Å². The van der Waals surface area contributed by atoms with E-state index in [1.807, 2.05) is 0 Å². The van der Waals surface area contributed by atoms with Crippen molar-refractivity contribution in [1.29, 1.82) is 0 Å². The number of fused-ring (bicyclic) bond motifs is 1. The first-order valence-corrected chi connectivity index (χ1v) is 4.09. The van der Waals surface area contributed by atoms with Gasteiger partial charge in [0.2, 0.25) is 0 Å². The molecule has 0 aromatic heterocycles.